The predicted molar refractivity (Wildman–Crippen MR) is 78.4 cm³/mol. The molecule has 0 fully saturated rings. The topological polar surface area (TPSA) is 60.2 Å². The first-order valence-electron chi connectivity index (χ1n) is 6.24. The zero-order valence-corrected chi connectivity index (χ0v) is 11.8. The van der Waals surface area contributed by atoms with E-state index in [-0.39, 0.29) is 12.5 Å². The number of hydrogen-bond donors (Lipinski definition) is 0. The van der Waals surface area contributed by atoms with Gasteiger partial charge in [-0.3, -0.25) is 4.79 Å². The SMILES string of the molecule is CN(C)C(=O)CN(C)c1cc(C#N)c2ccccc2n1. The number of para-hydroxylation sites is 1. The molecule has 1 aromatic carbocycles. The fraction of sp³-hybridized carbons (Fsp3) is 0.267. The Morgan fingerprint density at radius 1 is 1.30 bits per heavy atom. The molecule has 0 aliphatic carbocycles. The molecule has 1 aromatic heterocycles. The van der Waals surface area contributed by atoms with E-state index in [1.165, 1.54) is 4.90 Å². The number of aromatic nitrogens is 1. The quantitative estimate of drug-likeness (QED) is 0.849. The maximum absolute atomic E-state index is 11.7. The van der Waals surface area contributed by atoms with Crippen LogP contribution >= 0.6 is 0 Å². The van der Waals surface area contributed by atoms with Gasteiger partial charge in [-0.05, 0) is 12.1 Å². The van der Waals surface area contributed by atoms with Crippen molar-refractivity contribution < 1.29 is 4.79 Å². The number of nitriles is 1. The van der Waals surface area contributed by atoms with E-state index in [1.807, 2.05) is 24.3 Å². The molecule has 0 saturated heterocycles. The van der Waals surface area contributed by atoms with Gasteiger partial charge in [0.05, 0.1) is 23.7 Å². The van der Waals surface area contributed by atoms with Gasteiger partial charge in [-0.1, -0.05) is 18.2 Å². The van der Waals surface area contributed by atoms with E-state index >= 15 is 0 Å². The van der Waals surface area contributed by atoms with Crippen LogP contribution in [-0.4, -0.2) is 43.5 Å². The smallest absolute Gasteiger partial charge is 0.241 e. The van der Waals surface area contributed by atoms with Crippen molar-refractivity contribution in [2.24, 2.45) is 0 Å². The first-order chi connectivity index (χ1) is 9.52. The summed E-state index contributed by atoms with van der Waals surface area (Å²) in [7, 11) is 5.22. The van der Waals surface area contributed by atoms with Gasteiger partial charge >= 0.3 is 0 Å². The van der Waals surface area contributed by atoms with E-state index in [4.69, 9.17) is 0 Å². The molecular formula is C15H16N4O. The lowest BCUT2D eigenvalue weighted by Gasteiger charge is -2.20. The molecule has 2 aromatic rings. The highest BCUT2D eigenvalue weighted by Gasteiger charge is 2.12. The summed E-state index contributed by atoms with van der Waals surface area (Å²) in [6.45, 7) is 0.225. The zero-order valence-electron chi connectivity index (χ0n) is 11.8. The van der Waals surface area contributed by atoms with E-state index in [2.05, 4.69) is 11.1 Å². The van der Waals surface area contributed by atoms with Crippen LogP contribution in [0, 0.1) is 11.3 Å². The summed E-state index contributed by atoms with van der Waals surface area (Å²) >= 11 is 0. The van der Waals surface area contributed by atoms with Crippen LogP contribution in [0.2, 0.25) is 0 Å². The molecule has 0 saturated carbocycles. The van der Waals surface area contributed by atoms with Gasteiger partial charge in [0.1, 0.15) is 5.82 Å². The molecule has 1 heterocycles. The number of rotatable bonds is 3. The average Bonchev–Trinajstić information content (AvgIpc) is 2.45. The van der Waals surface area contributed by atoms with Gasteiger partial charge in [-0.25, -0.2) is 4.98 Å². The standard InChI is InChI=1S/C15H16N4O/c1-18(2)15(20)10-19(3)14-8-11(9-16)12-6-4-5-7-13(12)17-14/h4-8H,10H2,1-3H3. The fourth-order valence-corrected chi connectivity index (χ4v) is 1.87. The molecule has 102 valence electrons. The number of likely N-dealkylation sites (N-methyl/N-ethyl adjacent to an activating group) is 2. The third-order valence-electron chi connectivity index (χ3n) is 3.09. The first kappa shape index (κ1) is 13.8. The molecule has 0 radical (unpaired) electrons. The predicted octanol–water partition coefficient (Wildman–Crippen LogP) is 1.63. The fourth-order valence-electron chi connectivity index (χ4n) is 1.87. The second kappa shape index (κ2) is 5.57. The zero-order chi connectivity index (χ0) is 14.7. The van der Waals surface area contributed by atoms with Crippen LogP contribution in [0.3, 0.4) is 0 Å². The third-order valence-corrected chi connectivity index (χ3v) is 3.09. The van der Waals surface area contributed by atoms with Gasteiger partial charge in [0.2, 0.25) is 5.91 Å². The van der Waals surface area contributed by atoms with Crippen molar-refractivity contribution >= 4 is 22.6 Å². The number of nitrogens with zero attached hydrogens (tertiary/aromatic N) is 4. The third kappa shape index (κ3) is 2.69. The Kier molecular flexibility index (Phi) is 3.85. The summed E-state index contributed by atoms with van der Waals surface area (Å²) in [5.41, 5.74) is 1.32. The highest BCUT2D eigenvalue weighted by molar-refractivity contribution is 5.87. The number of benzene rings is 1. The van der Waals surface area contributed by atoms with Gasteiger partial charge in [-0.15, -0.1) is 0 Å². The minimum absolute atomic E-state index is 0.0130. The van der Waals surface area contributed by atoms with E-state index in [9.17, 15) is 10.1 Å². The number of carbonyl (C=O) groups is 1. The van der Waals surface area contributed by atoms with Gasteiger partial charge in [0.15, 0.2) is 0 Å². The Morgan fingerprint density at radius 2 is 2.00 bits per heavy atom. The molecule has 0 aliphatic rings. The molecule has 0 aliphatic heterocycles. The minimum Gasteiger partial charge on any atom is -0.350 e. The van der Waals surface area contributed by atoms with Crippen LogP contribution in [-0.2, 0) is 4.79 Å². The van der Waals surface area contributed by atoms with Crippen molar-refractivity contribution in [2.75, 3.05) is 32.6 Å². The van der Waals surface area contributed by atoms with Crippen molar-refractivity contribution in [2.45, 2.75) is 0 Å². The van der Waals surface area contributed by atoms with Crippen LogP contribution in [0.4, 0.5) is 5.82 Å². The molecule has 0 unspecified atom stereocenters. The average molecular weight is 268 g/mol. The van der Waals surface area contributed by atoms with Crippen LogP contribution in [0.1, 0.15) is 5.56 Å². The van der Waals surface area contributed by atoms with E-state index < -0.39 is 0 Å². The molecule has 0 atom stereocenters. The highest BCUT2D eigenvalue weighted by atomic mass is 16.2. The maximum atomic E-state index is 11.7. The number of fused-ring (bicyclic) bond motifs is 1. The maximum Gasteiger partial charge on any atom is 0.241 e. The van der Waals surface area contributed by atoms with Gasteiger partial charge in [-0.2, -0.15) is 5.26 Å². The molecule has 0 bridgehead atoms. The van der Waals surface area contributed by atoms with Crippen LogP contribution in [0.15, 0.2) is 30.3 Å². The van der Waals surface area contributed by atoms with Crippen molar-refractivity contribution in [3.05, 3.63) is 35.9 Å². The van der Waals surface area contributed by atoms with Crippen LogP contribution in [0.5, 0.6) is 0 Å². The Labute approximate surface area is 118 Å². The molecule has 0 spiro atoms. The van der Waals surface area contributed by atoms with Crippen molar-refractivity contribution in [3.63, 3.8) is 0 Å². The van der Waals surface area contributed by atoms with Crippen molar-refractivity contribution in [3.8, 4) is 6.07 Å². The molecule has 1 amide bonds. The Morgan fingerprint density at radius 3 is 2.65 bits per heavy atom. The van der Waals surface area contributed by atoms with E-state index in [0.29, 0.717) is 11.4 Å². The number of carbonyl (C=O) groups excluding carboxylic acids is 1. The summed E-state index contributed by atoms with van der Waals surface area (Å²) in [5, 5.41) is 10.1. The lowest BCUT2D eigenvalue weighted by molar-refractivity contribution is -0.127. The second-order valence-electron chi connectivity index (χ2n) is 4.80. The van der Waals surface area contributed by atoms with Gasteiger partial charge in [0.25, 0.3) is 0 Å². The second-order valence-corrected chi connectivity index (χ2v) is 4.80. The lowest BCUT2D eigenvalue weighted by Crippen LogP contribution is -2.34. The Hall–Kier alpha value is -2.61. The summed E-state index contributed by atoms with van der Waals surface area (Å²) < 4.78 is 0. The summed E-state index contributed by atoms with van der Waals surface area (Å²) in [6.07, 6.45) is 0. The molecule has 20 heavy (non-hydrogen) atoms. The monoisotopic (exact) mass is 268 g/mol. The number of anilines is 1. The summed E-state index contributed by atoms with van der Waals surface area (Å²) in [4.78, 5) is 19.5. The molecule has 0 N–H and O–H groups in total. The van der Waals surface area contributed by atoms with Crippen LogP contribution < -0.4 is 4.90 Å². The lowest BCUT2D eigenvalue weighted by atomic mass is 10.1. The number of hydrogen-bond acceptors (Lipinski definition) is 4. The van der Waals surface area contributed by atoms with Gasteiger partial charge in [0, 0.05) is 26.5 Å². The highest BCUT2D eigenvalue weighted by Crippen LogP contribution is 2.21. The first-order valence-corrected chi connectivity index (χ1v) is 6.24. The molecule has 5 heteroatoms. The minimum atomic E-state index is -0.0130. The number of amides is 1. The van der Waals surface area contributed by atoms with E-state index in [0.717, 1.165) is 10.9 Å². The van der Waals surface area contributed by atoms with E-state index in [1.54, 1.807) is 32.1 Å². The van der Waals surface area contributed by atoms with Crippen LogP contribution in [0.25, 0.3) is 10.9 Å². The molecule has 2 rings (SSSR count). The largest absolute Gasteiger partial charge is 0.350 e. The Balaban J connectivity index is 2.40. The van der Waals surface area contributed by atoms with Crippen molar-refractivity contribution in [1.29, 1.82) is 5.26 Å². The van der Waals surface area contributed by atoms with Gasteiger partial charge < -0.3 is 9.80 Å². The molecule has 5 nitrogen and oxygen atoms in total. The normalized spacial score (nSPS) is 10.1. The van der Waals surface area contributed by atoms with Crippen molar-refractivity contribution in [1.82, 2.24) is 9.88 Å². The summed E-state index contributed by atoms with van der Waals surface area (Å²) in [5.74, 6) is 0.608. The number of pyridine rings is 1. The summed E-state index contributed by atoms with van der Waals surface area (Å²) in [6, 6.07) is 11.4. The Bertz CT molecular complexity index is 688. The molecular weight excluding hydrogens is 252 g/mol.